The summed E-state index contributed by atoms with van der Waals surface area (Å²) in [7, 11) is 0. The zero-order valence-electron chi connectivity index (χ0n) is 12.5. The molecule has 0 radical (unpaired) electrons. The van der Waals surface area contributed by atoms with Gasteiger partial charge in [-0.3, -0.25) is 9.78 Å². The van der Waals surface area contributed by atoms with Crippen LogP contribution in [-0.4, -0.2) is 33.9 Å². The Morgan fingerprint density at radius 1 is 1.38 bits per heavy atom. The second-order valence-corrected chi connectivity index (χ2v) is 6.39. The van der Waals surface area contributed by atoms with Crippen molar-refractivity contribution in [1.82, 2.24) is 15.3 Å². The molecule has 1 saturated carbocycles. The molecule has 1 aromatic heterocycles. The van der Waals surface area contributed by atoms with Gasteiger partial charge in [0.25, 0.3) is 0 Å². The number of nitrogens with zero attached hydrogens (tertiary/aromatic N) is 2. The Morgan fingerprint density at radius 3 is 2.67 bits per heavy atom. The highest BCUT2D eigenvalue weighted by atomic mass is 35.5. The van der Waals surface area contributed by atoms with Gasteiger partial charge in [-0.05, 0) is 39.5 Å². The molecule has 0 aliphatic heterocycles. The smallest absolute Gasteiger partial charge is 0.232 e. The van der Waals surface area contributed by atoms with Crippen molar-refractivity contribution in [3.05, 3.63) is 18.6 Å². The molecule has 6 heteroatoms. The van der Waals surface area contributed by atoms with E-state index in [-0.39, 0.29) is 18.1 Å². The fraction of sp³-hybridized carbons (Fsp3) is 0.667. The fourth-order valence-electron chi connectivity index (χ4n) is 2.28. The molecule has 2 rings (SSSR count). The van der Waals surface area contributed by atoms with E-state index < -0.39 is 5.41 Å². The number of hydrogen-bond acceptors (Lipinski definition) is 4. The lowest BCUT2D eigenvalue weighted by molar-refractivity contribution is -0.129. The normalized spacial score (nSPS) is 22.6. The molecular weight excluding hydrogens is 290 g/mol. The number of carbonyl (C=O) groups is 1. The van der Waals surface area contributed by atoms with Crippen LogP contribution < -0.4 is 10.1 Å². The molecule has 1 aromatic rings. The SMILES string of the molecule is CC(C)(CCl)C(=O)NC1CCC(Oc2cnccn2)CC1. The molecule has 1 aliphatic carbocycles. The number of carbonyl (C=O) groups excluding carboxylic acids is 1. The molecule has 1 aliphatic rings. The number of hydrogen-bond donors (Lipinski definition) is 1. The minimum absolute atomic E-state index is 0.0239. The topological polar surface area (TPSA) is 64.1 Å². The highest BCUT2D eigenvalue weighted by Gasteiger charge is 2.30. The van der Waals surface area contributed by atoms with Crippen molar-refractivity contribution < 1.29 is 9.53 Å². The van der Waals surface area contributed by atoms with E-state index >= 15 is 0 Å². The van der Waals surface area contributed by atoms with Crippen LogP contribution >= 0.6 is 11.6 Å². The summed E-state index contributed by atoms with van der Waals surface area (Å²) in [5.74, 6) is 0.910. The van der Waals surface area contributed by atoms with E-state index in [1.165, 1.54) is 0 Å². The predicted octanol–water partition coefficient (Wildman–Crippen LogP) is 2.55. The number of nitrogens with one attached hydrogen (secondary N) is 1. The van der Waals surface area contributed by atoms with Crippen LogP contribution in [0.5, 0.6) is 5.88 Å². The van der Waals surface area contributed by atoms with Crippen LogP contribution in [0.3, 0.4) is 0 Å². The van der Waals surface area contributed by atoms with Crippen molar-refractivity contribution in [2.45, 2.75) is 51.7 Å². The molecule has 0 saturated heterocycles. The number of aromatic nitrogens is 2. The maximum Gasteiger partial charge on any atom is 0.232 e. The summed E-state index contributed by atoms with van der Waals surface area (Å²) in [5.41, 5.74) is -0.519. The van der Waals surface area contributed by atoms with Crippen molar-refractivity contribution in [2.24, 2.45) is 5.41 Å². The molecule has 1 heterocycles. The van der Waals surface area contributed by atoms with Crippen LogP contribution in [0.1, 0.15) is 39.5 Å². The molecule has 0 bridgehead atoms. The van der Waals surface area contributed by atoms with E-state index in [9.17, 15) is 4.79 Å². The summed E-state index contributed by atoms with van der Waals surface area (Å²) >= 11 is 5.83. The van der Waals surface area contributed by atoms with Gasteiger partial charge in [0.05, 0.1) is 11.6 Å². The lowest BCUT2D eigenvalue weighted by Crippen LogP contribution is -2.46. The summed E-state index contributed by atoms with van der Waals surface area (Å²) < 4.78 is 5.79. The summed E-state index contributed by atoms with van der Waals surface area (Å²) in [5, 5.41) is 3.09. The lowest BCUT2D eigenvalue weighted by Gasteiger charge is -2.31. The Bertz CT molecular complexity index is 459. The average Bonchev–Trinajstić information content (AvgIpc) is 2.50. The molecular formula is C15H22ClN3O2. The lowest BCUT2D eigenvalue weighted by atomic mass is 9.90. The first-order chi connectivity index (χ1) is 10.0. The second-order valence-electron chi connectivity index (χ2n) is 6.13. The largest absolute Gasteiger partial charge is 0.473 e. The molecule has 0 atom stereocenters. The van der Waals surface area contributed by atoms with Gasteiger partial charge >= 0.3 is 0 Å². The predicted molar refractivity (Wildman–Crippen MR) is 81.3 cm³/mol. The summed E-state index contributed by atoms with van der Waals surface area (Å²) in [6.45, 7) is 3.72. The van der Waals surface area contributed by atoms with Crippen LogP contribution in [0.25, 0.3) is 0 Å². The van der Waals surface area contributed by atoms with Crippen molar-refractivity contribution in [2.75, 3.05) is 5.88 Å². The maximum absolute atomic E-state index is 12.1. The average molecular weight is 312 g/mol. The van der Waals surface area contributed by atoms with E-state index in [1.807, 2.05) is 13.8 Å². The Morgan fingerprint density at radius 2 is 2.10 bits per heavy atom. The van der Waals surface area contributed by atoms with Gasteiger partial charge in [0.15, 0.2) is 0 Å². The monoisotopic (exact) mass is 311 g/mol. The fourth-order valence-corrected chi connectivity index (χ4v) is 2.40. The Kier molecular flexibility index (Phi) is 5.39. The Hall–Kier alpha value is -1.36. The highest BCUT2D eigenvalue weighted by molar-refractivity contribution is 6.19. The van der Waals surface area contributed by atoms with Gasteiger partial charge in [-0.2, -0.15) is 0 Å². The molecule has 1 N–H and O–H groups in total. The second kappa shape index (κ2) is 7.07. The van der Waals surface area contributed by atoms with Crippen molar-refractivity contribution in [3.63, 3.8) is 0 Å². The molecule has 0 aromatic carbocycles. The number of ether oxygens (including phenoxy) is 1. The first kappa shape index (κ1) is 16.0. The third kappa shape index (κ3) is 4.56. The van der Waals surface area contributed by atoms with Gasteiger partial charge in [-0.15, -0.1) is 11.6 Å². The van der Waals surface area contributed by atoms with Gasteiger partial charge in [-0.25, -0.2) is 4.98 Å². The molecule has 21 heavy (non-hydrogen) atoms. The van der Waals surface area contributed by atoms with Crippen LogP contribution in [0.2, 0.25) is 0 Å². The quantitative estimate of drug-likeness (QED) is 0.849. The Balaban J connectivity index is 1.77. The maximum atomic E-state index is 12.1. The third-order valence-electron chi connectivity index (χ3n) is 3.79. The minimum Gasteiger partial charge on any atom is -0.473 e. The van der Waals surface area contributed by atoms with Crippen molar-refractivity contribution in [3.8, 4) is 5.88 Å². The highest BCUT2D eigenvalue weighted by Crippen LogP contribution is 2.24. The van der Waals surface area contributed by atoms with Gasteiger partial charge in [0, 0.05) is 24.3 Å². The van der Waals surface area contributed by atoms with Crippen LogP contribution in [0, 0.1) is 5.41 Å². The van der Waals surface area contributed by atoms with E-state index in [1.54, 1.807) is 18.6 Å². The number of alkyl halides is 1. The van der Waals surface area contributed by atoms with E-state index in [0.717, 1.165) is 25.7 Å². The summed E-state index contributed by atoms with van der Waals surface area (Å²) in [6, 6.07) is 0.210. The Labute approximate surface area is 130 Å². The van der Waals surface area contributed by atoms with Crippen molar-refractivity contribution >= 4 is 17.5 Å². The van der Waals surface area contributed by atoms with Crippen LogP contribution in [0.4, 0.5) is 0 Å². The van der Waals surface area contributed by atoms with E-state index in [2.05, 4.69) is 15.3 Å². The molecule has 1 amide bonds. The first-order valence-electron chi connectivity index (χ1n) is 7.31. The first-order valence-corrected chi connectivity index (χ1v) is 7.84. The third-order valence-corrected chi connectivity index (χ3v) is 4.45. The summed E-state index contributed by atoms with van der Waals surface area (Å²) in [6.07, 6.45) is 8.65. The number of rotatable bonds is 5. The number of amides is 1. The molecule has 1 fully saturated rings. The summed E-state index contributed by atoms with van der Waals surface area (Å²) in [4.78, 5) is 20.2. The van der Waals surface area contributed by atoms with Crippen LogP contribution in [0.15, 0.2) is 18.6 Å². The van der Waals surface area contributed by atoms with Gasteiger partial charge in [0.1, 0.15) is 6.10 Å². The van der Waals surface area contributed by atoms with Gasteiger partial charge in [-0.1, -0.05) is 0 Å². The molecule has 116 valence electrons. The minimum atomic E-state index is -0.519. The zero-order chi connectivity index (χ0) is 15.3. The zero-order valence-corrected chi connectivity index (χ0v) is 13.3. The number of halogens is 1. The van der Waals surface area contributed by atoms with E-state index in [0.29, 0.717) is 11.8 Å². The van der Waals surface area contributed by atoms with Crippen molar-refractivity contribution in [1.29, 1.82) is 0 Å². The molecule has 0 unspecified atom stereocenters. The molecule has 0 spiro atoms. The van der Waals surface area contributed by atoms with Gasteiger partial charge < -0.3 is 10.1 Å². The standard InChI is InChI=1S/C15H22ClN3O2/c1-15(2,10-16)14(20)19-11-3-5-12(6-4-11)21-13-9-17-7-8-18-13/h7-9,11-12H,3-6,10H2,1-2H3,(H,19,20). The van der Waals surface area contributed by atoms with Crippen LogP contribution in [-0.2, 0) is 4.79 Å². The van der Waals surface area contributed by atoms with Gasteiger partial charge in [0.2, 0.25) is 11.8 Å². The molecule has 5 nitrogen and oxygen atoms in total. The van der Waals surface area contributed by atoms with E-state index in [4.69, 9.17) is 16.3 Å².